The van der Waals surface area contributed by atoms with Gasteiger partial charge in [0.1, 0.15) is 0 Å². The lowest BCUT2D eigenvalue weighted by Crippen LogP contribution is -1.92. The van der Waals surface area contributed by atoms with Gasteiger partial charge in [0.05, 0.1) is 0 Å². The molecular formula is C16H24. The van der Waals surface area contributed by atoms with Crippen molar-refractivity contribution in [1.29, 1.82) is 0 Å². The van der Waals surface area contributed by atoms with Crippen molar-refractivity contribution in [2.45, 2.75) is 52.4 Å². The Hall–Kier alpha value is -1.04. The monoisotopic (exact) mass is 216 g/mol. The van der Waals surface area contributed by atoms with E-state index >= 15 is 0 Å². The minimum absolute atomic E-state index is 1.18. The van der Waals surface area contributed by atoms with Gasteiger partial charge in [-0.05, 0) is 30.9 Å². The van der Waals surface area contributed by atoms with Crippen molar-refractivity contribution in [2.24, 2.45) is 0 Å². The molecule has 0 aliphatic heterocycles. The van der Waals surface area contributed by atoms with Crippen LogP contribution in [0.15, 0.2) is 30.8 Å². The molecule has 0 nitrogen and oxygen atoms in total. The summed E-state index contributed by atoms with van der Waals surface area (Å²) in [6.07, 6.45) is 7.95. The van der Waals surface area contributed by atoms with E-state index in [2.05, 4.69) is 44.7 Å². The first-order chi connectivity index (χ1) is 7.75. The van der Waals surface area contributed by atoms with Crippen molar-refractivity contribution in [2.75, 3.05) is 0 Å². The number of rotatable bonds is 7. The Balaban J connectivity index is 2.44. The molecule has 0 atom stereocenters. The van der Waals surface area contributed by atoms with E-state index in [1.54, 1.807) is 0 Å². The van der Waals surface area contributed by atoms with Crippen molar-refractivity contribution in [3.63, 3.8) is 0 Å². The molecule has 16 heavy (non-hydrogen) atoms. The highest BCUT2D eigenvalue weighted by molar-refractivity contribution is 5.64. The van der Waals surface area contributed by atoms with E-state index in [9.17, 15) is 0 Å². The van der Waals surface area contributed by atoms with Crippen LogP contribution in [0.5, 0.6) is 0 Å². The van der Waals surface area contributed by atoms with Gasteiger partial charge in [-0.25, -0.2) is 0 Å². The number of unbranched alkanes of at least 4 members (excludes halogenated alkanes) is 4. The number of benzene rings is 1. The quantitative estimate of drug-likeness (QED) is 0.547. The highest BCUT2D eigenvalue weighted by Gasteiger charge is 2.01. The molecule has 0 amide bonds. The molecule has 0 radical (unpaired) electrons. The molecule has 0 aliphatic carbocycles. The lowest BCUT2D eigenvalue weighted by Gasteiger charge is -2.08. The van der Waals surface area contributed by atoms with Crippen LogP contribution in [0.3, 0.4) is 0 Å². The van der Waals surface area contributed by atoms with E-state index < -0.39 is 0 Å². The zero-order chi connectivity index (χ0) is 11.8. The maximum absolute atomic E-state index is 4.04. The van der Waals surface area contributed by atoms with Crippen LogP contribution in [-0.4, -0.2) is 0 Å². The SMILES string of the molecule is C=C(C)c1ccccc1CCCCCCC. The third-order valence-corrected chi connectivity index (χ3v) is 3.03. The van der Waals surface area contributed by atoms with Crippen molar-refractivity contribution in [3.05, 3.63) is 42.0 Å². The van der Waals surface area contributed by atoms with Crippen LogP contribution in [-0.2, 0) is 6.42 Å². The first-order valence-corrected chi connectivity index (χ1v) is 6.49. The van der Waals surface area contributed by atoms with Crippen molar-refractivity contribution in [1.82, 2.24) is 0 Å². The van der Waals surface area contributed by atoms with Crippen LogP contribution in [0.25, 0.3) is 5.57 Å². The summed E-state index contributed by atoms with van der Waals surface area (Å²) >= 11 is 0. The third-order valence-electron chi connectivity index (χ3n) is 3.03. The van der Waals surface area contributed by atoms with E-state index in [1.165, 1.54) is 55.2 Å². The maximum atomic E-state index is 4.04. The minimum atomic E-state index is 1.18. The van der Waals surface area contributed by atoms with Crippen LogP contribution < -0.4 is 0 Å². The van der Waals surface area contributed by atoms with Crippen molar-refractivity contribution >= 4 is 5.57 Å². The summed E-state index contributed by atoms with van der Waals surface area (Å²) in [5, 5.41) is 0. The molecule has 0 heterocycles. The van der Waals surface area contributed by atoms with E-state index in [0.29, 0.717) is 0 Å². The maximum Gasteiger partial charge on any atom is -0.0201 e. The smallest absolute Gasteiger partial charge is 0.0201 e. The van der Waals surface area contributed by atoms with Crippen LogP contribution in [0.1, 0.15) is 57.1 Å². The average molecular weight is 216 g/mol. The topological polar surface area (TPSA) is 0 Å². The van der Waals surface area contributed by atoms with Gasteiger partial charge in [-0.15, -0.1) is 0 Å². The number of allylic oxidation sites excluding steroid dienone is 1. The standard InChI is InChI=1S/C16H24/c1-4-5-6-7-8-11-15-12-9-10-13-16(15)14(2)3/h9-10,12-13H,2,4-8,11H2,1,3H3. The molecule has 0 N–H and O–H groups in total. The third kappa shape index (κ3) is 4.22. The van der Waals surface area contributed by atoms with Gasteiger partial charge in [0, 0.05) is 0 Å². The van der Waals surface area contributed by atoms with Gasteiger partial charge < -0.3 is 0 Å². The van der Waals surface area contributed by atoms with E-state index in [4.69, 9.17) is 0 Å². The second kappa shape index (κ2) is 7.27. The predicted molar refractivity (Wildman–Crippen MR) is 73.6 cm³/mol. The number of aryl methyl sites for hydroxylation is 1. The Morgan fingerprint density at radius 2 is 1.75 bits per heavy atom. The molecule has 0 bridgehead atoms. The predicted octanol–water partition coefficient (Wildman–Crippen LogP) is 5.23. The summed E-state index contributed by atoms with van der Waals surface area (Å²) in [6.45, 7) is 8.40. The molecule has 0 saturated carbocycles. The molecule has 0 aromatic heterocycles. The first kappa shape index (κ1) is 13.0. The summed E-state index contributed by atoms with van der Waals surface area (Å²) in [7, 11) is 0. The molecule has 0 aliphatic rings. The fourth-order valence-electron chi connectivity index (χ4n) is 2.07. The largest absolute Gasteiger partial charge is 0.0955 e. The van der Waals surface area contributed by atoms with E-state index in [-0.39, 0.29) is 0 Å². The fourth-order valence-corrected chi connectivity index (χ4v) is 2.07. The normalized spacial score (nSPS) is 10.4. The van der Waals surface area contributed by atoms with Gasteiger partial charge in [0.2, 0.25) is 0 Å². The Kier molecular flexibility index (Phi) is 5.92. The van der Waals surface area contributed by atoms with Crippen molar-refractivity contribution < 1.29 is 0 Å². The van der Waals surface area contributed by atoms with Gasteiger partial charge in [0.25, 0.3) is 0 Å². The lowest BCUT2D eigenvalue weighted by molar-refractivity contribution is 0.632. The van der Waals surface area contributed by atoms with Gasteiger partial charge >= 0.3 is 0 Å². The number of hydrogen-bond donors (Lipinski definition) is 0. The van der Waals surface area contributed by atoms with Crippen LogP contribution in [0.4, 0.5) is 0 Å². The number of hydrogen-bond acceptors (Lipinski definition) is 0. The highest BCUT2D eigenvalue weighted by Crippen LogP contribution is 2.19. The second-order valence-electron chi connectivity index (χ2n) is 4.60. The molecule has 0 heteroatoms. The minimum Gasteiger partial charge on any atom is -0.0955 e. The summed E-state index contributed by atoms with van der Waals surface area (Å²) in [5.41, 5.74) is 3.99. The summed E-state index contributed by atoms with van der Waals surface area (Å²) in [4.78, 5) is 0. The molecule has 0 fully saturated rings. The zero-order valence-corrected chi connectivity index (χ0v) is 10.8. The lowest BCUT2D eigenvalue weighted by atomic mass is 9.97. The molecule has 1 aromatic rings. The molecule has 1 aromatic carbocycles. The van der Waals surface area contributed by atoms with Gasteiger partial charge in [0.15, 0.2) is 0 Å². The van der Waals surface area contributed by atoms with Crippen LogP contribution in [0.2, 0.25) is 0 Å². The Morgan fingerprint density at radius 3 is 2.44 bits per heavy atom. The molecular weight excluding hydrogens is 192 g/mol. The fraction of sp³-hybridized carbons (Fsp3) is 0.500. The van der Waals surface area contributed by atoms with Crippen molar-refractivity contribution in [3.8, 4) is 0 Å². The molecule has 0 spiro atoms. The Morgan fingerprint density at radius 1 is 1.06 bits per heavy atom. The Bertz CT molecular complexity index is 323. The average Bonchev–Trinajstić information content (AvgIpc) is 2.29. The summed E-state index contributed by atoms with van der Waals surface area (Å²) < 4.78 is 0. The molecule has 0 unspecified atom stereocenters. The summed E-state index contributed by atoms with van der Waals surface area (Å²) in [6, 6.07) is 8.66. The van der Waals surface area contributed by atoms with Gasteiger partial charge in [-0.1, -0.05) is 69.0 Å². The van der Waals surface area contributed by atoms with Crippen LogP contribution >= 0.6 is 0 Å². The first-order valence-electron chi connectivity index (χ1n) is 6.49. The molecule has 1 rings (SSSR count). The van der Waals surface area contributed by atoms with E-state index in [1.807, 2.05) is 0 Å². The Labute approximate surface area is 100 Å². The molecule has 0 saturated heterocycles. The zero-order valence-electron chi connectivity index (χ0n) is 10.8. The van der Waals surface area contributed by atoms with E-state index in [0.717, 1.165) is 0 Å². The second-order valence-corrected chi connectivity index (χ2v) is 4.60. The highest BCUT2D eigenvalue weighted by atomic mass is 14.1. The summed E-state index contributed by atoms with van der Waals surface area (Å²) in [5.74, 6) is 0. The molecule has 88 valence electrons. The van der Waals surface area contributed by atoms with Gasteiger partial charge in [-0.3, -0.25) is 0 Å². The van der Waals surface area contributed by atoms with Gasteiger partial charge in [-0.2, -0.15) is 0 Å². The van der Waals surface area contributed by atoms with Crippen LogP contribution in [0, 0.1) is 0 Å².